The molecule has 2 aromatic heterocycles. The van der Waals surface area contributed by atoms with Crippen LogP contribution in [0.1, 0.15) is 72.4 Å². The van der Waals surface area contributed by atoms with Crippen molar-refractivity contribution in [3.8, 4) is 5.88 Å². The molecule has 2 rings (SSSR count). The Morgan fingerprint density at radius 2 is 1.86 bits per heavy atom. The van der Waals surface area contributed by atoms with Gasteiger partial charge in [0, 0.05) is 31.5 Å². The number of fused-ring (bicyclic) bond motifs is 1. The first-order valence-electron chi connectivity index (χ1n) is 12.4. The lowest BCUT2D eigenvalue weighted by molar-refractivity contribution is -0.136. The van der Waals surface area contributed by atoms with E-state index in [1.165, 1.54) is 29.5 Å². The van der Waals surface area contributed by atoms with Gasteiger partial charge in [0.05, 0.1) is 18.5 Å². The number of hydrogen-bond acceptors (Lipinski definition) is 7. The van der Waals surface area contributed by atoms with E-state index in [4.69, 9.17) is 15.2 Å². The van der Waals surface area contributed by atoms with Gasteiger partial charge < -0.3 is 20.5 Å². The molecule has 2 heterocycles. The molecule has 36 heavy (non-hydrogen) atoms. The van der Waals surface area contributed by atoms with Crippen LogP contribution in [-0.4, -0.2) is 64.7 Å². The van der Waals surface area contributed by atoms with E-state index in [1.54, 1.807) is 7.05 Å². The number of rotatable bonds is 13. The molecule has 0 aliphatic rings. The molecule has 1 unspecified atom stereocenters. The average molecular weight is 523 g/mol. The molecule has 2 atom stereocenters. The minimum atomic E-state index is -4.20. The van der Waals surface area contributed by atoms with E-state index in [0.717, 1.165) is 0 Å². The van der Waals surface area contributed by atoms with Crippen LogP contribution in [0.5, 0.6) is 5.88 Å². The van der Waals surface area contributed by atoms with Crippen molar-refractivity contribution in [3.05, 3.63) is 24.0 Å². The number of nitrogens with zero attached hydrogens (tertiary/aromatic N) is 4. The van der Waals surface area contributed by atoms with Crippen LogP contribution >= 0.6 is 0 Å². The zero-order valence-corrected chi connectivity index (χ0v) is 22.2. The fourth-order valence-corrected chi connectivity index (χ4v) is 2.63. The van der Waals surface area contributed by atoms with Crippen molar-refractivity contribution in [1.82, 2.24) is 24.9 Å². The largest absolute Gasteiger partial charge is 0.473 e. The summed E-state index contributed by atoms with van der Waals surface area (Å²) in [5.74, 6) is -0.170. The average Bonchev–Trinajstić information content (AvgIpc) is 3.30. The smallest absolute Gasteiger partial charge is 0.389 e. The molecular formula is C24H42F4N6O2. The van der Waals surface area contributed by atoms with Crippen LogP contribution in [0, 0.1) is 0 Å². The number of nitrogens with two attached hydrogens (primary N) is 1. The summed E-state index contributed by atoms with van der Waals surface area (Å²) in [6.45, 7) is 10.6. The zero-order chi connectivity index (χ0) is 27.6. The van der Waals surface area contributed by atoms with Crippen LogP contribution in [0.2, 0.25) is 0 Å². The van der Waals surface area contributed by atoms with Gasteiger partial charge in [0.25, 0.3) is 5.88 Å². The molecule has 0 aliphatic heterocycles. The number of ether oxygens (including phenoxy) is 2. The van der Waals surface area contributed by atoms with E-state index in [9.17, 15) is 17.6 Å². The highest BCUT2D eigenvalue weighted by Crippen LogP contribution is 2.22. The van der Waals surface area contributed by atoms with E-state index in [-0.39, 0.29) is 50.4 Å². The first kappa shape index (κ1) is 33.7. The molecular weight excluding hydrogens is 480 g/mol. The van der Waals surface area contributed by atoms with Gasteiger partial charge in [-0.15, -0.1) is 0 Å². The Kier molecular flexibility index (Phi) is 17.7. The minimum Gasteiger partial charge on any atom is -0.473 e. The Hall–Kier alpha value is -2.31. The molecule has 3 N–H and O–H groups in total. The lowest BCUT2D eigenvalue weighted by Gasteiger charge is -2.13. The molecule has 8 nitrogen and oxygen atoms in total. The van der Waals surface area contributed by atoms with Gasteiger partial charge in [-0.3, -0.25) is 0 Å². The maximum absolute atomic E-state index is 14.2. The highest BCUT2D eigenvalue weighted by molar-refractivity contribution is 5.54. The molecule has 0 aromatic carbocycles. The van der Waals surface area contributed by atoms with E-state index < -0.39 is 18.6 Å². The third kappa shape index (κ3) is 14.9. The third-order valence-corrected chi connectivity index (χ3v) is 4.45. The fraction of sp³-hybridized carbons (Fsp3) is 0.708. The lowest BCUT2D eigenvalue weighted by Crippen LogP contribution is -2.25. The summed E-state index contributed by atoms with van der Waals surface area (Å²) < 4.78 is 63.1. The molecule has 0 spiro atoms. The molecule has 0 amide bonds. The number of nitrogens with one attached hydrogen (secondary N) is 1. The predicted octanol–water partition coefficient (Wildman–Crippen LogP) is 5.33. The fourth-order valence-electron chi connectivity index (χ4n) is 2.63. The second-order valence-corrected chi connectivity index (χ2v) is 7.85. The molecule has 0 saturated heterocycles. The van der Waals surface area contributed by atoms with Crippen molar-refractivity contribution in [1.29, 1.82) is 0 Å². The number of halogens is 4. The van der Waals surface area contributed by atoms with Gasteiger partial charge in [-0.1, -0.05) is 34.1 Å². The molecule has 0 bridgehead atoms. The van der Waals surface area contributed by atoms with Gasteiger partial charge in [0.15, 0.2) is 0 Å². The SMILES string of the molecule is CC.CCC.CNC(C)C/C(F)=C/c1cn2ncnc2c(OCCOCC[C@@H](N)CCC(F)(F)F)n1. The topological polar surface area (TPSA) is 99.6 Å². The Labute approximate surface area is 211 Å². The number of aromatic nitrogens is 4. The third-order valence-electron chi connectivity index (χ3n) is 4.45. The first-order valence-corrected chi connectivity index (χ1v) is 12.4. The quantitative estimate of drug-likeness (QED) is 0.271. The van der Waals surface area contributed by atoms with E-state index >= 15 is 0 Å². The van der Waals surface area contributed by atoms with Crippen LogP contribution in [0.15, 0.2) is 18.4 Å². The Bertz CT molecular complexity index is 861. The summed E-state index contributed by atoms with van der Waals surface area (Å²) in [5, 5.41) is 6.99. The Morgan fingerprint density at radius 1 is 1.19 bits per heavy atom. The van der Waals surface area contributed by atoms with Crippen molar-refractivity contribution < 1.29 is 27.0 Å². The summed E-state index contributed by atoms with van der Waals surface area (Å²) in [5.41, 5.74) is 6.35. The van der Waals surface area contributed by atoms with Gasteiger partial charge in [0.2, 0.25) is 5.65 Å². The second-order valence-electron chi connectivity index (χ2n) is 7.85. The van der Waals surface area contributed by atoms with Crippen LogP contribution < -0.4 is 15.8 Å². The van der Waals surface area contributed by atoms with Crippen molar-refractivity contribution in [2.75, 3.05) is 26.9 Å². The summed E-state index contributed by atoms with van der Waals surface area (Å²) in [6, 6.07) is -0.607. The summed E-state index contributed by atoms with van der Waals surface area (Å²) in [6.07, 6.45) is 0.701. The summed E-state index contributed by atoms with van der Waals surface area (Å²) >= 11 is 0. The van der Waals surface area contributed by atoms with Gasteiger partial charge in [-0.05, 0) is 32.9 Å². The zero-order valence-electron chi connectivity index (χ0n) is 22.2. The van der Waals surface area contributed by atoms with Crippen molar-refractivity contribution in [2.24, 2.45) is 5.73 Å². The first-order chi connectivity index (χ1) is 17.1. The standard InChI is InChI=1S/C19H28F4N6O2.C3H8.C2H6/c1-13(25-2)9-14(20)10-16-11-29-17(26-12-27-29)18(28-16)31-8-7-30-6-4-15(24)3-5-19(21,22)23;1-3-2;1-2/h10-13,15,25H,3-9,24H2,1-2H3;3H2,1-2H3;1-2H3/b14-10-;;/t13?,15-;;/m0../s1. The molecule has 2 aromatic rings. The van der Waals surface area contributed by atoms with Crippen molar-refractivity contribution >= 4 is 11.7 Å². The lowest BCUT2D eigenvalue weighted by atomic mass is 10.1. The van der Waals surface area contributed by atoms with Crippen LogP contribution in [0.4, 0.5) is 17.6 Å². The van der Waals surface area contributed by atoms with Gasteiger partial charge in [0.1, 0.15) is 18.8 Å². The highest BCUT2D eigenvalue weighted by Gasteiger charge is 2.27. The van der Waals surface area contributed by atoms with Crippen molar-refractivity contribution in [3.63, 3.8) is 0 Å². The van der Waals surface area contributed by atoms with Crippen LogP contribution in [-0.2, 0) is 4.74 Å². The van der Waals surface area contributed by atoms with Crippen LogP contribution in [0.25, 0.3) is 11.7 Å². The predicted molar refractivity (Wildman–Crippen MR) is 135 cm³/mol. The molecule has 0 aliphatic carbocycles. The Morgan fingerprint density at radius 3 is 2.47 bits per heavy atom. The monoisotopic (exact) mass is 522 g/mol. The molecule has 0 fully saturated rings. The highest BCUT2D eigenvalue weighted by atomic mass is 19.4. The summed E-state index contributed by atoms with van der Waals surface area (Å²) in [4.78, 5) is 8.34. The van der Waals surface area contributed by atoms with E-state index in [2.05, 4.69) is 34.2 Å². The molecule has 208 valence electrons. The van der Waals surface area contributed by atoms with Gasteiger partial charge >= 0.3 is 6.18 Å². The Balaban J connectivity index is 0.00000227. The maximum atomic E-state index is 14.2. The van der Waals surface area contributed by atoms with E-state index in [0.29, 0.717) is 17.8 Å². The maximum Gasteiger partial charge on any atom is 0.389 e. The number of hydrogen-bond donors (Lipinski definition) is 2. The van der Waals surface area contributed by atoms with E-state index in [1.807, 2.05) is 20.8 Å². The molecule has 0 radical (unpaired) electrons. The van der Waals surface area contributed by atoms with Crippen LogP contribution in [0.3, 0.4) is 0 Å². The minimum absolute atomic E-state index is 0.0270. The summed E-state index contributed by atoms with van der Waals surface area (Å²) in [7, 11) is 1.75. The molecule has 0 saturated carbocycles. The number of alkyl halides is 3. The normalized spacial score (nSPS) is 13.4. The molecule has 12 heteroatoms. The van der Waals surface area contributed by atoms with Gasteiger partial charge in [-0.2, -0.15) is 18.3 Å². The van der Waals surface area contributed by atoms with Gasteiger partial charge in [-0.25, -0.2) is 18.9 Å². The second kappa shape index (κ2) is 18.9. The van der Waals surface area contributed by atoms with Crippen molar-refractivity contribution in [2.45, 2.75) is 85.0 Å².